The van der Waals surface area contributed by atoms with Crippen LogP contribution < -0.4 is 0 Å². The van der Waals surface area contributed by atoms with Crippen molar-refractivity contribution in [3.05, 3.63) is 34.6 Å². The number of rotatable bonds is 3. The minimum atomic E-state index is -1.10. The fraction of sp³-hybridized carbons (Fsp3) is 0.429. The maximum absolute atomic E-state index is 14.1. The first-order valence-electron chi connectivity index (χ1n) is 6.32. The molecule has 2 atom stereocenters. The summed E-state index contributed by atoms with van der Waals surface area (Å²) < 4.78 is 14.1. The molecule has 1 amide bonds. The van der Waals surface area contributed by atoms with Crippen LogP contribution in [0.15, 0.2) is 18.2 Å². The van der Waals surface area contributed by atoms with Crippen LogP contribution in [-0.2, 0) is 9.59 Å². The van der Waals surface area contributed by atoms with Gasteiger partial charge in [0.2, 0.25) is 5.91 Å². The van der Waals surface area contributed by atoms with Crippen LogP contribution in [0.1, 0.15) is 31.9 Å². The highest BCUT2D eigenvalue weighted by molar-refractivity contribution is 6.30. The maximum atomic E-state index is 14.1. The lowest BCUT2D eigenvalue weighted by molar-refractivity contribution is -0.142. The Labute approximate surface area is 121 Å². The van der Waals surface area contributed by atoms with Crippen molar-refractivity contribution in [3.63, 3.8) is 0 Å². The van der Waals surface area contributed by atoms with Gasteiger partial charge in [-0.3, -0.25) is 9.59 Å². The SMILES string of the molecule is CC(C)N1C(=O)CC(C(=O)O)C1c1ccc(Cl)cc1F. The molecule has 2 rings (SSSR count). The van der Waals surface area contributed by atoms with Crippen LogP contribution in [0.3, 0.4) is 0 Å². The van der Waals surface area contributed by atoms with Crippen LogP contribution in [0.25, 0.3) is 0 Å². The average molecular weight is 300 g/mol. The van der Waals surface area contributed by atoms with E-state index in [1.807, 2.05) is 0 Å². The molecule has 0 spiro atoms. The van der Waals surface area contributed by atoms with E-state index in [9.17, 15) is 19.1 Å². The quantitative estimate of drug-likeness (QED) is 0.933. The van der Waals surface area contributed by atoms with E-state index in [2.05, 4.69) is 0 Å². The van der Waals surface area contributed by atoms with Crippen molar-refractivity contribution in [2.75, 3.05) is 0 Å². The second-order valence-corrected chi connectivity index (χ2v) is 5.59. The molecule has 1 aliphatic rings. The zero-order valence-electron chi connectivity index (χ0n) is 11.1. The normalized spacial score (nSPS) is 22.6. The number of amides is 1. The van der Waals surface area contributed by atoms with Crippen molar-refractivity contribution in [2.24, 2.45) is 5.92 Å². The van der Waals surface area contributed by atoms with Gasteiger partial charge in [0.1, 0.15) is 5.82 Å². The minimum Gasteiger partial charge on any atom is -0.481 e. The summed E-state index contributed by atoms with van der Waals surface area (Å²) in [5.74, 6) is -2.90. The van der Waals surface area contributed by atoms with Crippen LogP contribution in [-0.4, -0.2) is 27.9 Å². The zero-order chi connectivity index (χ0) is 15.0. The van der Waals surface area contributed by atoms with E-state index in [-0.39, 0.29) is 29.0 Å². The Morgan fingerprint density at radius 3 is 2.65 bits per heavy atom. The van der Waals surface area contributed by atoms with Crippen LogP contribution >= 0.6 is 11.6 Å². The number of carboxylic acids is 1. The summed E-state index contributed by atoms with van der Waals surface area (Å²) in [6.07, 6.45) is -0.111. The Hall–Kier alpha value is -1.62. The Morgan fingerprint density at radius 1 is 1.50 bits per heavy atom. The molecular formula is C14H15ClFNO3. The average Bonchev–Trinajstić information content (AvgIpc) is 2.67. The number of hydrogen-bond acceptors (Lipinski definition) is 2. The molecule has 1 N–H and O–H groups in total. The summed E-state index contributed by atoms with van der Waals surface area (Å²) in [5.41, 5.74) is 0.196. The predicted octanol–water partition coefficient (Wildman–Crippen LogP) is 2.86. The summed E-state index contributed by atoms with van der Waals surface area (Å²) in [6, 6.07) is 3.09. The van der Waals surface area contributed by atoms with Crippen molar-refractivity contribution >= 4 is 23.5 Å². The summed E-state index contributed by atoms with van der Waals surface area (Å²) in [6.45, 7) is 3.56. The largest absolute Gasteiger partial charge is 0.481 e. The molecule has 6 heteroatoms. The molecule has 0 saturated carbocycles. The highest BCUT2D eigenvalue weighted by Crippen LogP contribution is 2.41. The summed E-state index contributed by atoms with van der Waals surface area (Å²) in [7, 11) is 0. The second kappa shape index (κ2) is 5.40. The van der Waals surface area contributed by atoms with E-state index in [0.29, 0.717) is 0 Å². The zero-order valence-corrected chi connectivity index (χ0v) is 11.9. The number of halogens is 2. The van der Waals surface area contributed by atoms with Gasteiger partial charge in [-0.2, -0.15) is 0 Å². The molecular weight excluding hydrogens is 285 g/mol. The molecule has 2 unspecified atom stereocenters. The van der Waals surface area contributed by atoms with Gasteiger partial charge in [-0.15, -0.1) is 0 Å². The van der Waals surface area contributed by atoms with E-state index in [4.69, 9.17) is 11.6 Å². The van der Waals surface area contributed by atoms with Gasteiger partial charge in [-0.1, -0.05) is 17.7 Å². The molecule has 4 nitrogen and oxygen atoms in total. The molecule has 0 aliphatic carbocycles. The molecule has 0 radical (unpaired) electrons. The highest BCUT2D eigenvalue weighted by Gasteiger charge is 2.46. The Balaban J connectivity index is 2.52. The van der Waals surface area contributed by atoms with Crippen LogP contribution in [0.4, 0.5) is 4.39 Å². The number of benzene rings is 1. The maximum Gasteiger partial charge on any atom is 0.309 e. The first kappa shape index (κ1) is 14.8. The van der Waals surface area contributed by atoms with Crippen LogP contribution in [0.5, 0.6) is 0 Å². The van der Waals surface area contributed by atoms with Gasteiger partial charge in [0.05, 0.1) is 12.0 Å². The number of nitrogens with zero attached hydrogens (tertiary/aromatic N) is 1. The molecule has 1 heterocycles. The number of carbonyl (C=O) groups excluding carboxylic acids is 1. The van der Waals surface area contributed by atoms with Gasteiger partial charge in [-0.05, 0) is 26.0 Å². The van der Waals surface area contributed by atoms with Gasteiger partial charge < -0.3 is 10.0 Å². The smallest absolute Gasteiger partial charge is 0.309 e. The van der Waals surface area contributed by atoms with Gasteiger partial charge in [0.25, 0.3) is 0 Å². The molecule has 1 fully saturated rings. The van der Waals surface area contributed by atoms with E-state index in [1.165, 1.54) is 17.0 Å². The van der Waals surface area contributed by atoms with Crippen LogP contribution in [0.2, 0.25) is 5.02 Å². The Bertz CT molecular complexity index is 561. The number of carboxylic acid groups (broad SMARTS) is 1. The number of carbonyl (C=O) groups is 2. The molecule has 1 saturated heterocycles. The first-order valence-corrected chi connectivity index (χ1v) is 6.69. The Kier molecular flexibility index (Phi) is 3.99. The first-order chi connectivity index (χ1) is 9.32. The Morgan fingerprint density at radius 2 is 2.15 bits per heavy atom. The van der Waals surface area contributed by atoms with Crippen molar-refractivity contribution < 1.29 is 19.1 Å². The predicted molar refractivity (Wildman–Crippen MR) is 71.9 cm³/mol. The fourth-order valence-electron chi connectivity index (χ4n) is 2.69. The van der Waals surface area contributed by atoms with Gasteiger partial charge >= 0.3 is 5.97 Å². The van der Waals surface area contributed by atoms with Crippen molar-refractivity contribution in [1.29, 1.82) is 0 Å². The summed E-state index contributed by atoms with van der Waals surface area (Å²) in [5, 5.41) is 9.52. The third-order valence-electron chi connectivity index (χ3n) is 3.52. The molecule has 0 aromatic heterocycles. The molecule has 20 heavy (non-hydrogen) atoms. The highest BCUT2D eigenvalue weighted by atomic mass is 35.5. The van der Waals surface area contributed by atoms with Crippen molar-refractivity contribution in [2.45, 2.75) is 32.4 Å². The standard InChI is InChI=1S/C14H15ClFNO3/c1-7(2)17-12(18)6-10(14(19)20)13(17)9-4-3-8(15)5-11(9)16/h3-5,7,10,13H,6H2,1-2H3,(H,19,20). The summed E-state index contributed by atoms with van der Waals surface area (Å²) >= 11 is 5.71. The third-order valence-corrected chi connectivity index (χ3v) is 3.75. The topological polar surface area (TPSA) is 57.6 Å². The number of likely N-dealkylation sites (tertiary alicyclic amines) is 1. The number of hydrogen-bond donors (Lipinski definition) is 1. The van der Waals surface area contributed by atoms with E-state index < -0.39 is 23.7 Å². The molecule has 1 aromatic rings. The fourth-order valence-corrected chi connectivity index (χ4v) is 2.85. The minimum absolute atomic E-state index is 0.111. The molecule has 0 bridgehead atoms. The van der Waals surface area contributed by atoms with E-state index >= 15 is 0 Å². The van der Waals surface area contributed by atoms with Crippen LogP contribution in [0, 0.1) is 11.7 Å². The molecule has 1 aromatic carbocycles. The lowest BCUT2D eigenvalue weighted by Gasteiger charge is -2.31. The molecule has 108 valence electrons. The van der Waals surface area contributed by atoms with Gasteiger partial charge in [0.15, 0.2) is 0 Å². The summed E-state index contributed by atoms with van der Waals surface area (Å²) in [4.78, 5) is 24.8. The van der Waals surface area contributed by atoms with E-state index in [1.54, 1.807) is 13.8 Å². The third kappa shape index (κ3) is 2.50. The monoisotopic (exact) mass is 299 g/mol. The second-order valence-electron chi connectivity index (χ2n) is 5.15. The van der Waals surface area contributed by atoms with Crippen molar-refractivity contribution in [1.82, 2.24) is 4.90 Å². The lowest BCUT2D eigenvalue weighted by Crippen LogP contribution is -2.36. The lowest BCUT2D eigenvalue weighted by atomic mass is 9.93. The van der Waals surface area contributed by atoms with Crippen molar-refractivity contribution in [3.8, 4) is 0 Å². The van der Waals surface area contributed by atoms with Gasteiger partial charge in [0, 0.05) is 23.0 Å². The van der Waals surface area contributed by atoms with Gasteiger partial charge in [-0.25, -0.2) is 4.39 Å². The van der Waals surface area contributed by atoms with E-state index in [0.717, 1.165) is 6.07 Å². The molecule has 1 aliphatic heterocycles. The number of aliphatic carboxylic acids is 1.